The average molecular weight is 424 g/mol. The number of carbonyl (C=O) groups is 1. The molecule has 1 atom stereocenters. The zero-order valence-electron chi connectivity index (χ0n) is 17.0. The molecule has 0 radical (unpaired) electrons. The van der Waals surface area contributed by atoms with E-state index in [2.05, 4.69) is 9.97 Å². The number of hydrogen-bond acceptors (Lipinski definition) is 6. The van der Waals surface area contributed by atoms with Crippen molar-refractivity contribution in [3.05, 3.63) is 70.4 Å². The largest absolute Gasteiger partial charge is 0.493 e. The summed E-state index contributed by atoms with van der Waals surface area (Å²) in [5, 5.41) is 1.95. The number of hydrogen-bond donors (Lipinski definition) is 0. The monoisotopic (exact) mass is 423 g/mol. The molecule has 1 aliphatic rings. The van der Waals surface area contributed by atoms with E-state index in [9.17, 15) is 4.79 Å². The summed E-state index contributed by atoms with van der Waals surface area (Å²) in [6.07, 6.45) is 7.81. The van der Waals surface area contributed by atoms with Gasteiger partial charge in [0.05, 0.1) is 24.4 Å². The molecule has 1 saturated heterocycles. The van der Waals surface area contributed by atoms with Gasteiger partial charge in [-0.1, -0.05) is 12.8 Å². The van der Waals surface area contributed by atoms with Gasteiger partial charge < -0.3 is 14.4 Å². The van der Waals surface area contributed by atoms with Crippen molar-refractivity contribution >= 4 is 17.2 Å². The Kier molecular flexibility index (Phi) is 6.59. The SMILES string of the molecule is COc1cc(C(=O)N2CCCCCC2c2ccncc2)ccc1OCc1cscn1. The highest BCUT2D eigenvalue weighted by molar-refractivity contribution is 7.07. The standard InChI is InChI=1S/C23H25N3O3S/c1-28-22-13-18(6-7-21(22)29-14-19-15-30-16-25-19)23(27)26-12-4-2-3-5-20(26)17-8-10-24-11-9-17/h6-11,13,15-16,20H,2-5,12,14H2,1H3. The summed E-state index contributed by atoms with van der Waals surface area (Å²) in [5.41, 5.74) is 4.38. The van der Waals surface area contributed by atoms with E-state index < -0.39 is 0 Å². The highest BCUT2D eigenvalue weighted by Crippen LogP contribution is 2.33. The van der Waals surface area contributed by atoms with E-state index in [0.717, 1.165) is 43.5 Å². The summed E-state index contributed by atoms with van der Waals surface area (Å²) >= 11 is 1.53. The van der Waals surface area contributed by atoms with E-state index in [1.807, 2.05) is 28.5 Å². The number of benzene rings is 1. The van der Waals surface area contributed by atoms with Crippen LogP contribution >= 0.6 is 11.3 Å². The maximum atomic E-state index is 13.5. The Bertz CT molecular complexity index is 963. The summed E-state index contributed by atoms with van der Waals surface area (Å²) in [6, 6.07) is 9.47. The quantitative estimate of drug-likeness (QED) is 0.565. The number of thiazole rings is 1. The molecule has 1 aromatic carbocycles. The van der Waals surface area contributed by atoms with Crippen molar-refractivity contribution in [1.29, 1.82) is 0 Å². The molecule has 1 unspecified atom stereocenters. The number of methoxy groups -OCH3 is 1. The maximum Gasteiger partial charge on any atom is 0.254 e. The third-order valence-electron chi connectivity index (χ3n) is 5.37. The second kappa shape index (κ2) is 9.71. The molecule has 0 spiro atoms. The molecular weight excluding hydrogens is 398 g/mol. The summed E-state index contributed by atoms with van der Waals surface area (Å²) < 4.78 is 11.4. The van der Waals surface area contributed by atoms with Crippen LogP contribution in [0.15, 0.2) is 53.6 Å². The Hall–Kier alpha value is -2.93. The lowest BCUT2D eigenvalue weighted by molar-refractivity contribution is 0.0680. The topological polar surface area (TPSA) is 64.5 Å². The molecule has 1 amide bonds. The molecule has 3 heterocycles. The maximum absolute atomic E-state index is 13.5. The first-order chi connectivity index (χ1) is 14.8. The first-order valence-corrected chi connectivity index (χ1v) is 11.1. The molecule has 156 valence electrons. The molecule has 0 N–H and O–H groups in total. The van der Waals surface area contributed by atoms with E-state index in [4.69, 9.17) is 9.47 Å². The fraction of sp³-hybridized carbons (Fsp3) is 0.348. The van der Waals surface area contributed by atoms with Gasteiger partial charge in [0.1, 0.15) is 6.61 Å². The van der Waals surface area contributed by atoms with E-state index in [1.165, 1.54) is 11.3 Å². The van der Waals surface area contributed by atoms with Gasteiger partial charge in [-0.05, 0) is 48.7 Å². The number of rotatable bonds is 6. The minimum absolute atomic E-state index is 0.0167. The first kappa shape index (κ1) is 20.3. The Morgan fingerprint density at radius 3 is 2.80 bits per heavy atom. The molecular formula is C23H25N3O3S. The highest BCUT2D eigenvalue weighted by Gasteiger charge is 2.28. The lowest BCUT2D eigenvalue weighted by atomic mass is 10.0. The molecule has 0 aliphatic carbocycles. The van der Waals surface area contributed by atoms with Crippen LogP contribution in [0.3, 0.4) is 0 Å². The Morgan fingerprint density at radius 1 is 1.17 bits per heavy atom. The van der Waals surface area contributed by atoms with Gasteiger partial charge in [0, 0.05) is 29.9 Å². The predicted octanol–water partition coefficient (Wildman–Crippen LogP) is 4.88. The number of amides is 1. The van der Waals surface area contributed by atoms with Crippen molar-refractivity contribution in [3.63, 3.8) is 0 Å². The Morgan fingerprint density at radius 2 is 2.03 bits per heavy atom. The minimum atomic E-state index is 0.0167. The van der Waals surface area contributed by atoms with Gasteiger partial charge in [0.15, 0.2) is 11.5 Å². The molecule has 0 saturated carbocycles. The van der Waals surface area contributed by atoms with Crippen molar-refractivity contribution in [1.82, 2.24) is 14.9 Å². The third-order valence-corrected chi connectivity index (χ3v) is 6.01. The zero-order valence-corrected chi connectivity index (χ0v) is 17.8. The van der Waals surface area contributed by atoms with Gasteiger partial charge in [-0.15, -0.1) is 11.3 Å². The summed E-state index contributed by atoms with van der Waals surface area (Å²) in [7, 11) is 1.59. The summed E-state index contributed by atoms with van der Waals surface area (Å²) in [4.78, 5) is 23.8. The minimum Gasteiger partial charge on any atom is -0.493 e. The number of ether oxygens (including phenoxy) is 2. The summed E-state index contributed by atoms with van der Waals surface area (Å²) in [5.74, 6) is 1.16. The molecule has 3 aromatic rings. The molecule has 6 nitrogen and oxygen atoms in total. The predicted molar refractivity (Wildman–Crippen MR) is 116 cm³/mol. The van der Waals surface area contributed by atoms with Gasteiger partial charge in [-0.2, -0.15) is 0 Å². The molecule has 1 aliphatic heterocycles. The molecule has 30 heavy (non-hydrogen) atoms. The van der Waals surface area contributed by atoms with Gasteiger partial charge in [-0.25, -0.2) is 4.98 Å². The lowest BCUT2D eigenvalue weighted by Gasteiger charge is -2.30. The second-order valence-corrected chi connectivity index (χ2v) is 8.00. The van der Waals surface area contributed by atoms with Gasteiger partial charge >= 0.3 is 0 Å². The number of nitrogens with zero attached hydrogens (tertiary/aromatic N) is 3. The van der Waals surface area contributed by atoms with Crippen molar-refractivity contribution in [2.24, 2.45) is 0 Å². The Labute approximate surface area is 180 Å². The average Bonchev–Trinajstić information content (AvgIpc) is 3.20. The van der Waals surface area contributed by atoms with E-state index in [1.54, 1.807) is 37.1 Å². The van der Waals surface area contributed by atoms with Crippen molar-refractivity contribution in [3.8, 4) is 11.5 Å². The number of aromatic nitrogens is 2. The van der Waals surface area contributed by atoms with Crippen molar-refractivity contribution in [2.75, 3.05) is 13.7 Å². The zero-order chi connectivity index (χ0) is 20.8. The van der Waals surface area contributed by atoms with Crippen molar-refractivity contribution < 1.29 is 14.3 Å². The van der Waals surface area contributed by atoms with Crippen LogP contribution < -0.4 is 9.47 Å². The Balaban J connectivity index is 1.56. The van der Waals surface area contributed by atoms with Crippen LogP contribution in [0.25, 0.3) is 0 Å². The van der Waals surface area contributed by atoms with Crippen LogP contribution in [0.4, 0.5) is 0 Å². The summed E-state index contributed by atoms with van der Waals surface area (Å²) in [6.45, 7) is 1.11. The first-order valence-electron chi connectivity index (χ1n) is 10.1. The van der Waals surface area contributed by atoms with Crippen LogP contribution in [0.1, 0.15) is 53.3 Å². The van der Waals surface area contributed by atoms with E-state index in [0.29, 0.717) is 23.7 Å². The second-order valence-electron chi connectivity index (χ2n) is 7.28. The van der Waals surface area contributed by atoms with Crippen LogP contribution in [-0.4, -0.2) is 34.4 Å². The fourth-order valence-electron chi connectivity index (χ4n) is 3.83. The van der Waals surface area contributed by atoms with Crippen LogP contribution in [0.2, 0.25) is 0 Å². The molecule has 2 aromatic heterocycles. The fourth-order valence-corrected chi connectivity index (χ4v) is 4.37. The smallest absolute Gasteiger partial charge is 0.254 e. The number of likely N-dealkylation sites (tertiary alicyclic amines) is 1. The normalized spacial score (nSPS) is 16.7. The van der Waals surface area contributed by atoms with E-state index in [-0.39, 0.29) is 11.9 Å². The lowest BCUT2D eigenvalue weighted by Crippen LogP contribution is -2.34. The molecule has 0 bridgehead atoms. The van der Waals surface area contributed by atoms with Gasteiger partial charge in [0.25, 0.3) is 5.91 Å². The molecule has 1 fully saturated rings. The van der Waals surface area contributed by atoms with Gasteiger partial charge in [-0.3, -0.25) is 9.78 Å². The van der Waals surface area contributed by atoms with Gasteiger partial charge in [0.2, 0.25) is 0 Å². The molecule has 7 heteroatoms. The van der Waals surface area contributed by atoms with E-state index >= 15 is 0 Å². The highest BCUT2D eigenvalue weighted by atomic mass is 32.1. The van der Waals surface area contributed by atoms with Crippen LogP contribution in [0.5, 0.6) is 11.5 Å². The third kappa shape index (κ3) is 4.62. The number of carbonyl (C=O) groups excluding carboxylic acids is 1. The molecule has 4 rings (SSSR count). The number of pyridine rings is 1. The van der Waals surface area contributed by atoms with Crippen LogP contribution in [-0.2, 0) is 6.61 Å². The van der Waals surface area contributed by atoms with Crippen molar-refractivity contribution in [2.45, 2.75) is 38.3 Å². The van der Waals surface area contributed by atoms with Crippen LogP contribution in [0, 0.1) is 0 Å².